The largest absolute Gasteiger partial charge is 0.504 e. The number of aromatic hydroxyl groups is 1. The maximum absolute atomic E-state index is 13.5. The molecule has 3 heterocycles. The van der Waals surface area contributed by atoms with Gasteiger partial charge in [-0.25, -0.2) is 24.4 Å². The van der Waals surface area contributed by atoms with Crippen LogP contribution >= 0.6 is 0 Å². The van der Waals surface area contributed by atoms with Crippen molar-refractivity contribution in [1.82, 2.24) is 14.9 Å². The summed E-state index contributed by atoms with van der Waals surface area (Å²) in [5, 5.41) is 22.1. The monoisotopic (exact) mass is 591 g/mol. The molecule has 43 heavy (non-hydrogen) atoms. The first-order chi connectivity index (χ1) is 20.8. The van der Waals surface area contributed by atoms with Crippen LogP contribution in [0.3, 0.4) is 0 Å². The fraction of sp³-hybridized carbons (Fsp3) is 0.300. The van der Waals surface area contributed by atoms with E-state index in [0.29, 0.717) is 21.8 Å². The standard InChI is InChI=1S/C30H29N3O10/c1-39-27-23(30(38)41-3)32-20-11-7-5-9-18(20)25(27)43-28(36)21-14-16(34)15-33(21)12-13-42-26-22(29(37)40-2)31-19-10-6-4-8-17(19)24(26)35/h4-11,16,21,34H,12-15H2,1-3H3,(H,31,35). The molecule has 0 spiro atoms. The van der Waals surface area contributed by atoms with Gasteiger partial charge in [0.15, 0.2) is 34.4 Å². The van der Waals surface area contributed by atoms with Crippen molar-refractivity contribution < 1.29 is 48.3 Å². The second-order valence-corrected chi connectivity index (χ2v) is 9.65. The molecule has 2 N–H and O–H groups in total. The first-order valence-corrected chi connectivity index (χ1v) is 13.3. The van der Waals surface area contributed by atoms with Gasteiger partial charge in [0.1, 0.15) is 12.6 Å². The number of fused-ring (bicyclic) bond motifs is 2. The Kier molecular flexibility index (Phi) is 8.55. The summed E-state index contributed by atoms with van der Waals surface area (Å²) in [6, 6.07) is 12.6. The number of rotatable bonds is 9. The predicted molar refractivity (Wildman–Crippen MR) is 151 cm³/mol. The molecule has 13 heteroatoms. The summed E-state index contributed by atoms with van der Waals surface area (Å²) in [4.78, 5) is 48.6. The van der Waals surface area contributed by atoms with Gasteiger partial charge in [-0.05, 0) is 24.3 Å². The summed E-state index contributed by atoms with van der Waals surface area (Å²) in [5.41, 5.74) is 0.406. The summed E-state index contributed by atoms with van der Waals surface area (Å²) in [6.45, 7) is 0.171. The fourth-order valence-electron chi connectivity index (χ4n) is 5.04. The molecule has 4 aromatic rings. The van der Waals surface area contributed by atoms with E-state index in [2.05, 4.69) is 9.97 Å². The van der Waals surface area contributed by atoms with Crippen LogP contribution in [0.1, 0.15) is 27.4 Å². The molecule has 1 saturated heterocycles. The summed E-state index contributed by atoms with van der Waals surface area (Å²) in [5.74, 6) is -2.78. The number of methoxy groups -OCH3 is 3. The highest BCUT2D eigenvalue weighted by atomic mass is 16.6. The highest BCUT2D eigenvalue weighted by Crippen LogP contribution is 2.39. The number of nitrogens with zero attached hydrogens (tertiary/aromatic N) is 3. The van der Waals surface area contributed by atoms with Crippen molar-refractivity contribution in [3.05, 3.63) is 59.9 Å². The SMILES string of the molecule is COC(=O)c1nc2ccccc2c(O)c1OCCN1CC(O)CC1C(=O)Oc1c(OC)c(C(=O)OC)nc2ccccc12. The third-order valence-electron chi connectivity index (χ3n) is 7.07. The van der Waals surface area contributed by atoms with Crippen molar-refractivity contribution in [2.75, 3.05) is 41.0 Å². The topological polar surface area (TPSA) is 167 Å². The van der Waals surface area contributed by atoms with Gasteiger partial charge in [-0.3, -0.25) is 4.90 Å². The van der Waals surface area contributed by atoms with Gasteiger partial charge in [0.25, 0.3) is 0 Å². The number of ether oxygens (including phenoxy) is 5. The normalized spacial score (nSPS) is 16.7. The molecule has 1 aliphatic rings. The zero-order valence-electron chi connectivity index (χ0n) is 23.6. The minimum absolute atomic E-state index is 0.00836. The lowest BCUT2D eigenvalue weighted by Gasteiger charge is -2.24. The van der Waals surface area contributed by atoms with Crippen LogP contribution in [0, 0.1) is 0 Å². The van der Waals surface area contributed by atoms with E-state index in [9.17, 15) is 24.6 Å². The van der Waals surface area contributed by atoms with Gasteiger partial charge in [-0.1, -0.05) is 24.3 Å². The van der Waals surface area contributed by atoms with Gasteiger partial charge in [-0.15, -0.1) is 0 Å². The second-order valence-electron chi connectivity index (χ2n) is 9.65. The number of hydrogen-bond acceptors (Lipinski definition) is 13. The lowest BCUT2D eigenvalue weighted by molar-refractivity contribution is -0.139. The molecule has 2 aromatic heterocycles. The van der Waals surface area contributed by atoms with Crippen molar-refractivity contribution >= 4 is 39.7 Å². The Morgan fingerprint density at radius 3 is 2.07 bits per heavy atom. The number of aliphatic hydroxyl groups excluding tert-OH is 1. The van der Waals surface area contributed by atoms with E-state index in [-0.39, 0.29) is 60.5 Å². The van der Waals surface area contributed by atoms with Gasteiger partial charge in [-0.2, -0.15) is 0 Å². The quantitative estimate of drug-likeness (QED) is 0.273. The van der Waals surface area contributed by atoms with E-state index in [0.717, 1.165) is 0 Å². The Labute approximate surface area is 245 Å². The number of esters is 3. The summed E-state index contributed by atoms with van der Waals surface area (Å²) in [6.07, 6.45) is -0.759. The average Bonchev–Trinajstić information content (AvgIpc) is 3.41. The van der Waals surface area contributed by atoms with Crippen molar-refractivity contribution in [2.24, 2.45) is 0 Å². The van der Waals surface area contributed by atoms with Crippen LogP contribution in [0.5, 0.6) is 23.0 Å². The minimum Gasteiger partial charge on any atom is -0.504 e. The van der Waals surface area contributed by atoms with Crippen LogP contribution < -0.4 is 14.2 Å². The molecule has 0 aliphatic carbocycles. The molecular formula is C30H29N3O10. The van der Waals surface area contributed by atoms with E-state index in [4.69, 9.17) is 23.7 Å². The van der Waals surface area contributed by atoms with Gasteiger partial charge in [0.05, 0.1) is 38.5 Å². The van der Waals surface area contributed by atoms with Gasteiger partial charge in [0.2, 0.25) is 0 Å². The highest BCUT2D eigenvalue weighted by molar-refractivity contribution is 6.00. The molecule has 0 radical (unpaired) electrons. The third kappa shape index (κ3) is 5.72. The van der Waals surface area contributed by atoms with Crippen LogP contribution in [-0.2, 0) is 14.3 Å². The Bertz CT molecular complexity index is 1710. The summed E-state index contributed by atoms with van der Waals surface area (Å²) < 4.78 is 26.7. The summed E-state index contributed by atoms with van der Waals surface area (Å²) in [7, 11) is 3.71. The van der Waals surface area contributed by atoms with Crippen molar-refractivity contribution in [2.45, 2.75) is 18.6 Å². The van der Waals surface area contributed by atoms with Crippen molar-refractivity contribution in [1.29, 1.82) is 0 Å². The molecule has 2 aromatic carbocycles. The van der Waals surface area contributed by atoms with Gasteiger partial charge in [0, 0.05) is 30.3 Å². The Morgan fingerprint density at radius 2 is 1.44 bits per heavy atom. The lowest BCUT2D eigenvalue weighted by Crippen LogP contribution is -2.41. The number of β-amino-alcohol motifs (C(OH)–C–C–N with tert-alkyl or cyclic N) is 1. The lowest BCUT2D eigenvalue weighted by atomic mass is 10.1. The van der Waals surface area contributed by atoms with Crippen LogP contribution in [0.2, 0.25) is 0 Å². The van der Waals surface area contributed by atoms with Crippen LogP contribution in [0.25, 0.3) is 21.8 Å². The van der Waals surface area contributed by atoms with E-state index in [1.54, 1.807) is 53.4 Å². The maximum Gasteiger partial charge on any atom is 0.360 e. The zero-order chi connectivity index (χ0) is 30.7. The molecule has 1 aliphatic heterocycles. The van der Waals surface area contributed by atoms with Gasteiger partial charge < -0.3 is 33.9 Å². The molecule has 0 bridgehead atoms. The summed E-state index contributed by atoms with van der Waals surface area (Å²) >= 11 is 0. The first-order valence-electron chi connectivity index (χ1n) is 13.3. The van der Waals surface area contributed by atoms with E-state index in [1.165, 1.54) is 21.3 Å². The number of carbonyl (C=O) groups excluding carboxylic acids is 3. The zero-order valence-corrected chi connectivity index (χ0v) is 23.6. The number of para-hydroxylation sites is 2. The van der Waals surface area contributed by atoms with E-state index < -0.39 is 30.1 Å². The Morgan fingerprint density at radius 1 is 0.860 bits per heavy atom. The van der Waals surface area contributed by atoms with Crippen LogP contribution in [-0.4, -0.2) is 96.2 Å². The molecule has 2 unspecified atom stereocenters. The minimum atomic E-state index is -0.889. The molecule has 0 amide bonds. The second kappa shape index (κ2) is 12.5. The molecule has 0 saturated carbocycles. The van der Waals surface area contributed by atoms with Crippen LogP contribution in [0.4, 0.5) is 0 Å². The van der Waals surface area contributed by atoms with Crippen LogP contribution in [0.15, 0.2) is 48.5 Å². The first kappa shape index (κ1) is 29.5. The number of aliphatic hydroxyl groups is 1. The maximum atomic E-state index is 13.5. The number of benzene rings is 2. The Hall–Kier alpha value is -5.01. The molecule has 13 nitrogen and oxygen atoms in total. The highest BCUT2D eigenvalue weighted by Gasteiger charge is 2.38. The molecular weight excluding hydrogens is 562 g/mol. The number of hydrogen-bond donors (Lipinski definition) is 2. The molecule has 2 atom stereocenters. The number of aromatic nitrogens is 2. The number of carbonyl (C=O) groups is 3. The van der Waals surface area contributed by atoms with Crippen molar-refractivity contribution in [3.8, 4) is 23.0 Å². The molecule has 5 rings (SSSR count). The Balaban J connectivity index is 1.38. The van der Waals surface area contributed by atoms with Crippen molar-refractivity contribution in [3.63, 3.8) is 0 Å². The van der Waals surface area contributed by atoms with Gasteiger partial charge >= 0.3 is 17.9 Å². The predicted octanol–water partition coefficient (Wildman–Crippen LogP) is 2.49. The van der Waals surface area contributed by atoms with E-state index in [1.807, 2.05) is 0 Å². The molecule has 224 valence electrons. The average molecular weight is 592 g/mol. The molecule has 1 fully saturated rings. The third-order valence-corrected chi connectivity index (χ3v) is 7.07. The number of pyridine rings is 2. The number of likely N-dealkylation sites (tertiary alicyclic amines) is 1. The smallest absolute Gasteiger partial charge is 0.360 e. The van der Waals surface area contributed by atoms with E-state index >= 15 is 0 Å². The fourth-order valence-corrected chi connectivity index (χ4v) is 5.04.